The van der Waals surface area contributed by atoms with Gasteiger partial charge in [0.1, 0.15) is 5.69 Å². The fourth-order valence-electron chi connectivity index (χ4n) is 1.12. The van der Waals surface area contributed by atoms with Crippen LogP contribution in [0.5, 0.6) is 0 Å². The third kappa shape index (κ3) is 2.06. The average molecular weight is 184 g/mol. The van der Waals surface area contributed by atoms with Crippen molar-refractivity contribution in [1.82, 2.24) is 9.55 Å². The highest BCUT2D eigenvalue weighted by atomic mass is 16.5. The second-order valence-electron chi connectivity index (χ2n) is 2.67. The Morgan fingerprint density at radius 1 is 1.77 bits per heavy atom. The Bertz CT molecular complexity index is 306. The van der Waals surface area contributed by atoms with Crippen molar-refractivity contribution < 1.29 is 14.6 Å². The standard InChI is InChI=1S/C8H12N2O3/c1-6-7(8(11)12)10(5-9-6)3-4-13-2/h5H,3-4H2,1-2H3,(H,11,12). The molecule has 5 heteroatoms. The maximum Gasteiger partial charge on any atom is 0.354 e. The number of aromatic nitrogens is 2. The summed E-state index contributed by atoms with van der Waals surface area (Å²) in [5, 5.41) is 8.83. The third-order valence-electron chi connectivity index (χ3n) is 1.76. The Kier molecular flexibility index (Phi) is 3.02. The molecule has 0 aliphatic rings. The number of aryl methyl sites for hydroxylation is 1. The van der Waals surface area contributed by atoms with E-state index in [4.69, 9.17) is 9.84 Å². The fourth-order valence-corrected chi connectivity index (χ4v) is 1.12. The molecule has 0 unspecified atom stereocenters. The zero-order chi connectivity index (χ0) is 9.84. The van der Waals surface area contributed by atoms with Gasteiger partial charge in [-0.25, -0.2) is 9.78 Å². The monoisotopic (exact) mass is 184 g/mol. The minimum Gasteiger partial charge on any atom is -0.477 e. The molecule has 0 amide bonds. The molecule has 0 radical (unpaired) electrons. The average Bonchev–Trinajstić information content (AvgIpc) is 2.43. The van der Waals surface area contributed by atoms with Crippen LogP contribution in [-0.4, -0.2) is 34.3 Å². The molecule has 0 aliphatic carbocycles. The first-order valence-corrected chi connectivity index (χ1v) is 3.90. The molecule has 0 bridgehead atoms. The van der Waals surface area contributed by atoms with E-state index in [-0.39, 0.29) is 5.69 Å². The lowest BCUT2D eigenvalue weighted by Crippen LogP contribution is -2.11. The van der Waals surface area contributed by atoms with E-state index in [0.717, 1.165) is 0 Å². The molecule has 0 atom stereocenters. The van der Waals surface area contributed by atoms with Gasteiger partial charge >= 0.3 is 5.97 Å². The van der Waals surface area contributed by atoms with E-state index in [1.54, 1.807) is 18.6 Å². The maximum atomic E-state index is 10.8. The van der Waals surface area contributed by atoms with Crippen LogP contribution in [0.15, 0.2) is 6.33 Å². The smallest absolute Gasteiger partial charge is 0.354 e. The van der Waals surface area contributed by atoms with Gasteiger partial charge in [-0.3, -0.25) is 0 Å². The Hall–Kier alpha value is -1.36. The number of carbonyl (C=O) groups is 1. The van der Waals surface area contributed by atoms with Gasteiger partial charge in [-0.15, -0.1) is 0 Å². The second-order valence-corrected chi connectivity index (χ2v) is 2.67. The summed E-state index contributed by atoms with van der Waals surface area (Å²) in [7, 11) is 1.57. The highest BCUT2D eigenvalue weighted by Gasteiger charge is 2.13. The molecular weight excluding hydrogens is 172 g/mol. The minimum atomic E-state index is -0.953. The van der Waals surface area contributed by atoms with Crippen molar-refractivity contribution >= 4 is 5.97 Å². The molecule has 1 aromatic rings. The molecule has 1 aromatic heterocycles. The summed E-state index contributed by atoms with van der Waals surface area (Å²) >= 11 is 0. The number of hydrogen-bond donors (Lipinski definition) is 1. The summed E-state index contributed by atoms with van der Waals surface area (Å²) < 4.78 is 6.42. The molecule has 1 heterocycles. The van der Waals surface area contributed by atoms with Gasteiger partial charge in [0.15, 0.2) is 0 Å². The number of carboxylic acids is 1. The van der Waals surface area contributed by atoms with Crippen LogP contribution in [0, 0.1) is 6.92 Å². The van der Waals surface area contributed by atoms with E-state index in [0.29, 0.717) is 18.8 Å². The number of hydrogen-bond acceptors (Lipinski definition) is 3. The quantitative estimate of drug-likeness (QED) is 0.741. The Morgan fingerprint density at radius 3 is 3.00 bits per heavy atom. The molecule has 0 aliphatic heterocycles. The molecule has 0 aromatic carbocycles. The van der Waals surface area contributed by atoms with Crippen molar-refractivity contribution in [3.05, 3.63) is 17.7 Å². The zero-order valence-electron chi connectivity index (χ0n) is 7.65. The SMILES string of the molecule is COCCn1cnc(C)c1C(=O)O. The van der Waals surface area contributed by atoms with Gasteiger partial charge in [-0.2, -0.15) is 0 Å². The zero-order valence-corrected chi connectivity index (χ0v) is 7.65. The second kappa shape index (κ2) is 4.04. The van der Waals surface area contributed by atoms with Crippen LogP contribution in [0.25, 0.3) is 0 Å². The van der Waals surface area contributed by atoms with Crippen molar-refractivity contribution in [3.8, 4) is 0 Å². The molecule has 13 heavy (non-hydrogen) atoms. The fraction of sp³-hybridized carbons (Fsp3) is 0.500. The molecule has 0 fully saturated rings. The Balaban J connectivity index is 2.87. The van der Waals surface area contributed by atoms with Gasteiger partial charge in [0, 0.05) is 13.7 Å². The van der Waals surface area contributed by atoms with Gasteiger partial charge in [-0.05, 0) is 6.92 Å². The molecule has 5 nitrogen and oxygen atoms in total. The van der Waals surface area contributed by atoms with Gasteiger partial charge in [0.05, 0.1) is 18.6 Å². The van der Waals surface area contributed by atoms with Gasteiger partial charge < -0.3 is 14.4 Å². The third-order valence-corrected chi connectivity index (χ3v) is 1.76. The first-order chi connectivity index (χ1) is 6.16. The Morgan fingerprint density at radius 2 is 2.46 bits per heavy atom. The normalized spacial score (nSPS) is 10.3. The maximum absolute atomic E-state index is 10.8. The molecule has 1 N–H and O–H groups in total. The van der Waals surface area contributed by atoms with Crippen LogP contribution in [0.3, 0.4) is 0 Å². The summed E-state index contributed by atoms with van der Waals surface area (Å²) in [6.45, 7) is 2.67. The first kappa shape index (κ1) is 9.73. The molecular formula is C8H12N2O3. The van der Waals surface area contributed by atoms with Crippen LogP contribution < -0.4 is 0 Å². The topological polar surface area (TPSA) is 64.4 Å². The van der Waals surface area contributed by atoms with Crippen molar-refractivity contribution in [3.63, 3.8) is 0 Å². The van der Waals surface area contributed by atoms with E-state index < -0.39 is 5.97 Å². The van der Waals surface area contributed by atoms with Crippen LogP contribution in [0.2, 0.25) is 0 Å². The highest BCUT2D eigenvalue weighted by molar-refractivity contribution is 5.86. The van der Waals surface area contributed by atoms with Crippen LogP contribution in [0.4, 0.5) is 0 Å². The van der Waals surface area contributed by atoms with E-state index in [9.17, 15) is 4.79 Å². The summed E-state index contributed by atoms with van der Waals surface area (Å²) in [6.07, 6.45) is 1.51. The molecule has 72 valence electrons. The van der Waals surface area contributed by atoms with Crippen molar-refractivity contribution in [2.45, 2.75) is 13.5 Å². The molecule has 0 saturated carbocycles. The number of nitrogens with zero attached hydrogens (tertiary/aromatic N) is 2. The lowest BCUT2D eigenvalue weighted by Gasteiger charge is -2.03. The minimum absolute atomic E-state index is 0.233. The van der Waals surface area contributed by atoms with Gasteiger partial charge in [0.25, 0.3) is 0 Å². The molecule has 0 spiro atoms. The van der Waals surface area contributed by atoms with Crippen LogP contribution in [0.1, 0.15) is 16.2 Å². The Labute approximate surface area is 76.0 Å². The van der Waals surface area contributed by atoms with E-state index in [2.05, 4.69) is 4.98 Å². The van der Waals surface area contributed by atoms with Crippen molar-refractivity contribution in [1.29, 1.82) is 0 Å². The highest BCUT2D eigenvalue weighted by Crippen LogP contribution is 2.05. The summed E-state index contributed by atoms with van der Waals surface area (Å²) in [5.74, 6) is -0.953. The molecule has 1 rings (SSSR count). The van der Waals surface area contributed by atoms with Crippen molar-refractivity contribution in [2.24, 2.45) is 0 Å². The number of imidazole rings is 1. The van der Waals surface area contributed by atoms with E-state index in [1.807, 2.05) is 0 Å². The predicted molar refractivity (Wildman–Crippen MR) is 45.8 cm³/mol. The lowest BCUT2D eigenvalue weighted by molar-refractivity contribution is 0.0681. The van der Waals surface area contributed by atoms with Crippen LogP contribution in [-0.2, 0) is 11.3 Å². The summed E-state index contributed by atoms with van der Waals surface area (Å²) in [4.78, 5) is 14.7. The van der Waals surface area contributed by atoms with Gasteiger partial charge in [0.2, 0.25) is 0 Å². The van der Waals surface area contributed by atoms with Crippen molar-refractivity contribution in [2.75, 3.05) is 13.7 Å². The summed E-state index contributed by atoms with van der Waals surface area (Å²) in [5.41, 5.74) is 0.764. The lowest BCUT2D eigenvalue weighted by atomic mass is 10.3. The van der Waals surface area contributed by atoms with Crippen LogP contribution >= 0.6 is 0 Å². The largest absolute Gasteiger partial charge is 0.477 e. The number of ether oxygens (including phenoxy) is 1. The molecule has 0 saturated heterocycles. The van der Waals surface area contributed by atoms with E-state index >= 15 is 0 Å². The number of methoxy groups -OCH3 is 1. The number of aromatic carboxylic acids is 1. The number of carboxylic acid groups (broad SMARTS) is 1. The van der Waals surface area contributed by atoms with Gasteiger partial charge in [-0.1, -0.05) is 0 Å². The summed E-state index contributed by atoms with van der Waals surface area (Å²) in [6, 6.07) is 0. The predicted octanol–water partition coefficient (Wildman–Crippen LogP) is 0.536. The first-order valence-electron chi connectivity index (χ1n) is 3.90. The van der Waals surface area contributed by atoms with E-state index in [1.165, 1.54) is 6.33 Å². The number of rotatable bonds is 4.